The second-order valence-electron chi connectivity index (χ2n) is 5.74. The Morgan fingerprint density at radius 2 is 2.18 bits per heavy atom. The van der Waals surface area contributed by atoms with Gasteiger partial charge in [0.2, 0.25) is 0 Å². The van der Waals surface area contributed by atoms with Crippen LogP contribution in [0.4, 0.5) is 9.18 Å². The Balaban J connectivity index is 1.38. The molecule has 2 fully saturated rings. The van der Waals surface area contributed by atoms with Crippen molar-refractivity contribution in [2.75, 3.05) is 32.8 Å². The molecule has 1 aromatic rings. The van der Waals surface area contributed by atoms with Crippen molar-refractivity contribution in [2.45, 2.75) is 25.0 Å². The second kappa shape index (κ2) is 6.62. The molecule has 2 amide bonds. The molecule has 2 saturated heterocycles. The van der Waals surface area contributed by atoms with E-state index in [9.17, 15) is 9.18 Å². The Kier molecular flexibility index (Phi) is 4.59. The normalized spacial score (nSPS) is 19.8. The highest BCUT2D eigenvalue weighted by Gasteiger charge is 2.44. The minimum atomic E-state index is -0.571. The van der Waals surface area contributed by atoms with Crippen molar-refractivity contribution in [2.24, 2.45) is 0 Å². The van der Waals surface area contributed by atoms with E-state index >= 15 is 0 Å². The van der Waals surface area contributed by atoms with Gasteiger partial charge in [0.15, 0.2) is 5.79 Å². The molecule has 2 aliphatic rings. The van der Waals surface area contributed by atoms with E-state index in [0.717, 1.165) is 24.8 Å². The first-order valence-corrected chi connectivity index (χ1v) is 7.72. The number of benzene rings is 1. The first-order valence-electron chi connectivity index (χ1n) is 7.72. The summed E-state index contributed by atoms with van der Waals surface area (Å²) in [5.74, 6) is -0.792. The molecule has 1 spiro atoms. The maximum Gasteiger partial charge on any atom is 0.317 e. The van der Waals surface area contributed by atoms with E-state index in [0.29, 0.717) is 32.8 Å². The van der Waals surface area contributed by atoms with Crippen molar-refractivity contribution in [3.63, 3.8) is 0 Å². The number of carbonyl (C=O) groups is 1. The fourth-order valence-electron chi connectivity index (χ4n) is 2.95. The summed E-state index contributed by atoms with van der Waals surface area (Å²) in [6, 6.07) is 6.47. The summed E-state index contributed by atoms with van der Waals surface area (Å²) in [6.45, 7) is 2.91. The van der Waals surface area contributed by atoms with Gasteiger partial charge in [-0.1, -0.05) is 12.1 Å². The van der Waals surface area contributed by atoms with Gasteiger partial charge in [-0.15, -0.1) is 0 Å². The Hall–Kier alpha value is -1.66. The molecule has 1 N–H and O–H groups in total. The van der Waals surface area contributed by atoms with Crippen LogP contribution in [0, 0.1) is 5.82 Å². The van der Waals surface area contributed by atoms with Crippen molar-refractivity contribution in [3.05, 3.63) is 35.6 Å². The third kappa shape index (κ3) is 3.56. The summed E-state index contributed by atoms with van der Waals surface area (Å²) in [7, 11) is 0. The number of likely N-dealkylation sites (tertiary alicyclic amines) is 1. The van der Waals surface area contributed by atoms with Crippen LogP contribution in [0.1, 0.15) is 18.4 Å². The van der Waals surface area contributed by atoms with Crippen LogP contribution in [0.25, 0.3) is 0 Å². The molecule has 0 bridgehead atoms. The zero-order valence-corrected chi connectivity index (χ0v) is 12.5. The molecule has 0 saturated carbocycles. The number of ether oxygens (including phenoxy) is 2. The molecule has 2 aliphatic heterocycles. The molecule has 5 nitrogen and oxygen atoms in total. The van der Waals surface area contributed by atoms with E-state index < -0.39 is 5.79 Å². The smallest absolute Gasteiger partial charge is 0.317 e. The van der Waals surface area contributed by atoms with Crippen molar-refractivity contribution in [1.82, 2.24) is 10.2 Å². The fraction of sp³-hybridized carbons (Fsp3) is 0.562. The van der Waals surface area contributed by atoms with E-state index in [4.69, 9.17) is 9.47 Å². The van der Waals surface area contributed by atoms with E-state index in [-0.39, 0.29) is 11.8 Å². The van der Waals surface area contributed by atoms with Gasteiger partial charge in [-0.25, -0.2) is 9.18 Å². The predicted molar refractivity (Wildman–Crippen MR) is 78.9 cm³/mol. The first-order chi connectivity index (χ1) is 10.7. The van der Waals surface area contributed by atoms with Crippen LogP contribution in [0.2, 0.25) is 0 Å². The number of aryl methyl sites for hydroxylation is 1. The van der Waals surface area contributed by atoms with Gasteiger partial charge in [0.25, 0.3) is 0 Å². The van der Waals surface area contributed by atoms with Crippen LogP contribution in [-0.4, -0.2) is 49.6 Å². The molecule has 0 radical (unpaired) electrons. The number of carbonyl (C=O) groups excluding carboxylic acids is 1. The molecular formula is C16H21FN2O3. The number of hydrogen-bond acceptors (Lipinski definition) is 3. The van der Waals surface area contributed by atoms with E-state index in [2.05, 4.69) is 5.32 Å². The molecule has 22 heavy (non-hydrogen) atoms. The number of halogens is 1. The highest BCUT2D eigenvalue weighted by Crippen LogP contribution is 2.30. The molecule has 3 rings (SSSR count). The summed E-state index contributed by atoms with van der Waals surface area (Å²) in [5, 5.41) is 2.90. The highest BCUT2D eigenvalue weighted by atomic mass is 19.1. The molecule has 0 aromatic heterocycles. The van der Waals surface area contributed by atoms with Gasteiger partial charge in [0.1, 0.15) is 5.82 Å². The summed E-state index contributed by atoms with van der Waals surface area (Å²) < 4.78 is 24.2. The quantitative estimate of drug-likeness (QED) is 0.865. The summed E-state index contributed by atoms with van der Waals surface area (Å²) in [5.41, 5.74) is 0.946. The molecule has 0 atom stereocenters. The molecule has 0 aliphatic carbocycles. The topological polar surface area (TPSA) is 50.8 Å². The average Bonchev–Trinajstić information content (AvgIpc) is 3.14. The van der Waals surface area contributed by atoms with Crippen molar-refractivity contribution in [1.29, 1.82) is 0 Å². The van der Waals surface area contributed by atoms with Crippen LogP contribution in [0.15, 0.2) is 24.3 Å². The largest absolute Gasteiger partial charge is 0.346 e. The Labute approximate surface area is 129 Å². The maximum atomic E-state index is 13.1. The lowest BCUT2D eigenvalue weighted by Gasteiger charge is -2.22. The standard InChI is InChI=1S/C16H21FN2O3/c17-14-5-1-3-13(11-14)4-2-7-18-15(20)19-8-6-16(12-19)21-9-10-22-16/h1,3,5,11H,2,4,6-10,12H2,(H,18,20). The first kappa shape index (κ1) is 15.2. The summed E-state index contributed by atoms with van der Waals surface area (Å²) in [6.07, 6.45) is 2.25. The maximum absolute atomic E-state index is 13.1. The molecule has 120 valence electrons. The van der Waals surface area contributed by atoms with Gasteiger partial charge in [-0.05, 0) is 30.5 Å². The van der Waals surface area contributed by atoms with E-state index in [1.807, 2.05) is 6.07 Å². The second-order valence-corrected chi connectivity index (χ2v) is 5.74. The lowest BCUT2D eigenvalue weighted by atomic mass is 10.1. The minimum absolute atomic E-state index is 0.0878. The fourth-order valence-corrected chi connectivity index (χ4v) is 2.95. The predicted octanol–water partition coefficient (Wildman–Crippen LogP) is 1.92. The van der Waals surface area contributed by atoms with Crippen LogP contribution >= 0.6 is 0 Å². The number of rotatable bonds is 4. The van der Waals surface area contributed by atoms with E-state index in [1.165, 1.54) is 12.1 Å². The van der Waals surface area contributed by atoms with Crippen LogP contribution in [0.5, 0.6) is 0 Å². The monoisotopic (exact) mass is 308 g/mol. The van der Waals surface area contributed by atoms with Crippen molar-refractivity contribution in [3.8, 4) is 0 Å². The van der Waals surface area contributed by atoms with Gasteiger partial charge in [0, 0.05) is 19.5 Å². The van der Waals surface area contributed by atoms with Gasteiger partial charge < -0.3 is 19.7 Å². The number of nitrogens with one attached hydrogen (secondary N) is 1. The van der Waals surface area contributed by atoms with Gasteiger partial charge in [0.05, 0.1) is 19.8 Å². The van der Waals surface area contributed by atoms with Gasteiger partial charge >= 0.3 is 6.03 Å². The Bertz CT molecular complexity index is 532. The zero-order chi connectivity index (χ0) is 15.4. The Morgan fingerprint density at radius 3 is 2.95 bits per heavy atom. The zero-order valence-electron chi connectivity index (χ0n) is 12.5. The SMILES string of the molecule is O=C(NCCCc1cccc(F)c1)N1CCC2(C1)OCCO2. The number of hydrogen-bond donors (Lipinski definition) is 1. The minimum Gasteiger partial charge on any atom is -0.346 e. The summed E-state index contributed by atoms with van der Waals surface area (Å²) >= 11 is 0. The lowest BCUT2D eigenvalue weighted by molar-refractivity contribution is -0.143. The van der Waals surface area contributed by atoms with Gasteiger partial charge in [-0.3, -0.25) is 0 Å². The average molecular weight is 308 g/mol. The van der Waals surface area contributed by atoms with Crippen LogP contribution in [0.3, 0.4) is 0 Å². The van der Waals surface area contributed by atoms with Crippen molar-refractivity contribution < 1.29 is 18.7 Å². The highest BCUT2D eigenvalue weighted by molar-refractivity contribution is 5.74. The van der Waals surface area contributed by atoms with Gasteiger partial charge in [-0.2, -0.15) is 0 Å². The molecule has 0 unspecified atom stereocenters. The number of urea groups is 1. The number of nitrogens with zero attached hydrogens (tertiary/aromatic N) is 1. The summed E-state index contributed by atoms with van der Waals surface area (Å²) in [4.78, 5) is 13.8. The van der Waals surface area contributed by atoms with Crippen molar-refractivity contribution >= 4 is 6.03 Å². The molecular weight excluding hydrogens is 287 g/mol. The molecule has 2 heterocycles. The Morgan fingerprint density at radius 1 is 1.36 bits per heavy atom. The number of amides is 2. The third-order valence-electron chi connectivity index (χ3n) is 4.10. The van der Waals surface area contributed by atoms with E-state index in [1.54, 1.807) is 11.0 Å². The molecule has 1 aromatic carbocycles. The third-order valence-corrected chi connectivity index (χ3v) is 4.10. The van der Waals surface area contributed by atoms with Crippen LogP contribution < -0.4 is 5.32 Å². The lowest BCUT2D eigenvalue weighted by Crippen LogP contribution is -2.42. The molecule has 6 heteroatoms. The van der Waals surface area contributed by atoms with Crippen LogP contribution in [-0.2, 0) is 15.9 Å².